The van der Waals surface area contributed by atoms with Crippen LogP contribution in [-0.2, 0) is 4.79 Å². The van der Waals surface area contributed by atoms with Gasteiger partial charge in [-0.15, -0.1) is 0 Å². The first-order valence-electron chi connectivity index (χ1n) is 7.82. The Morgan fingerprint density at radius 1 is 1.30 bits per heavy atom. The molecule has 1 aliphatic rings. The zero-order chi connectivity index (χ0) is 16.4. The summed E-state index contributed by atoms with van der Waals surface area (Å²) in [4.78, 5) is 18.8. The van der Waals surface area contributed by atoms with Crippen molar-refractivity contribution in [1.29, 1.82) is 5.26 Å². The Morgan fingerprint density at radius 2 is 2.00 bits per heavy atom. The van der Waals surface area contributed by atoms with Crippen molar-refractivity contribution < 1.29 is 4.79 Å². The minimum absolute atomic E-state index is 0.138. The van der Waals surface area contributed by atoms with E-state index in [-0.39, 0.29) is 5.91 Å². The Bertz CT molecular complexity index is 804. The molecule has 0 radical (unpaired) electrons. The molecule has 1 fully saturated rings. The largest absolute Gasteiger partial charge is 0.342 e. The van der Waals surface area contributed by atoms with E-state index in [4.69, 9.17) is 0 Å². The molecule has 23 heavy (non-hydrogen) atoms. The first-order chi connectivity index (χ1) is 11.1. The molecule has 0 bridgehead atoms. The van der Waals surface area contributed by atoms with Crippen molar-refractivity contribution in [2.24, 2.45) is 0 Å². The van der Waals surface area contributed by atoms with E-state index in [1.807, 2.05) is 36.9 Å². The highest BCUT2D eigenvalue weighted by Gasteiger charge is 2.19. The Morgan fingerprint density at radius 3 is 2.70 bits per heavy atom. The van der Waals surface area contributed by atoms with E-state index in [0.29, 0.717) is 16.3 Å². The predicted octanol–water partition coefficient (Wildman–Crippen LogP) is 3.44. The van der Waals surface area contributed by atoms with Crippen LogP contribution in [0.1, 0.15) is 29.5 Å². The van der Waals surface area contributed by atoms with E-state index < -0.39 is 0 Å². The van der Waals surface area contributed by atoms with Crippen LogP contribution in [0.4, 0.5) is 0 Å². The van der Waals surface area contributed by atoms with Crippen LogP contribution in [0.25, 0.3) is 10.9 Å². The maximum absolute atomic E-state index is 12.2. The molecule has 0 unspecified atom stereocenters. The fraction of sp³-hybridized carbons (Fsp3) is 0.389. The van der Waals surface area contributed by atoms with Crippen molar-refractivity contribution in [3.05, 3.63) is 34.9 Å². The van der Waals surface area contributed by atoms with Gasteiger partial charge in [0.2, 0.25) is 5.91 Å². The number of aromatic nitrogens is 1. The van der Waals surface area contributed by atoms with Gasteiger partial charge in [0.15, 0.2) is 0 Å². The highest BCUT2D eigenvalue weighted by atomic mass is 32.2. The quantitative estimate of drug-likeness (QED) is 0.811. The number of carbonyl (C=O) groups is 1. The van der Waals surface area contributed by atoms with Crippen molar-refractivity contribution in [3.63, 3.8) is 0 Å². The molecule has 3 rings (SSSR count). The summed E-state index contributed by atoms with van der Waals surface area (Å²) in [6.07, 6.45) is 2.18. The van der Waals surface area contributed by atoms with Gasteiger partial charge in [-0.05, 0) is 43.9 Å². The minimum Gasteiger partial charge on any atom is -0.342 e. The van der Waals surface area contributed by atoms with E-state index in [1.165, 1.54) is 11.8 Å². The van der Waals surface area contributed by atoms with Gasteiger partial charge in [-0.2, -0.15) is 5.26 Å². The average molecular weight is 325 g/mol. The van der Waals surface area contributed by atoms with Crippen molar-refractivity contribution in [3.8, 4) is 6.07 Å². The van der Waals surface area contributed by atoms with E-state index in [2.05, 4.69) is 11.1 Å². The third-order valence-electron chi connectivity index (χ3n) is 4.28. The number of carbonyl (C=O) groups excluding carboxylic acids is 1. The Labute approximate surface area is 140 Å². The van der Waals surface area contributed by atoms with Gasteiger partial charge in [0.05, 0.1) is 16.8 Å². The van der Waals surface area contributed by atoms with Gasteiger partial charge in [-0.3, -0.25) is 4.79 Å². The molecule has 1 aliphatic heterocycles. The number of likely N-dealkylation sites (tertiary alicyclic amines) is 1. The van der Waals surface area contributed by atoms with Crippen LogP contribution in [0.5, 0.6) is 0 Å². The molecule has 1 aromatic carbocycles. The summed E-state index contributed by atoms with van der Waals surface area (Å²) in [6.45, 7) is 5.75. The number of nitriles is 1. The van der Waals surface area contributed by atoms with Gasteiger partial charge in [0, 0.05) is 18.5 Å². The lowest BCUT2D eigenvalue weighted by Gasteiger charge is -2.15. The highest BCUT2D eigenvalue weighted by molar-refractivity contribution is 8.00. The van der Waals surface area contributed by atoms with E-state index in [0.717, 1.165) is 48.0 Å². The molecular formula is C18H19N3OS. The molecule has 5 heteroatoms. The molecule has 0 aliphatic carbocycles. The molecule has 2 heterocycles. The van der Waals surface area contributed by atoms with Gasteiger partial charge in [0.25, 0.3) is 0 Å². The van der Waals surface area contributed by atoms with Gasteiger partial charge >= 0.3 is 0 Å². The molecule has 0 saturated carbocycles. The molecule has 0 spiro atoms. The lowest BCUT2D eigenvalue weighted by Crippen LogP contribution is -2.29. The summed E-state index contributed by atoms with van der Waals surface area (Å²) in [5.41, 5.74) is 3.66. The first-order valence-corrected chi connectivity index (χ1v) is 8.80. The standard InChI is InChI=1S/C18H19N3OS/c1-12-5-6-13(2)17-15(12)9-14(10-19)18(20-17)23-11-16(22)21-7-3-4-8-21/h5-6,9H,3-4,7-8,11H2,1-2H3. The summed E-state index contributed by atoms with van der Waals surface area (Å²) in [7, 11) is 0. The van der Waals surface area contributed by atoms with Gasteiger partial charge < -0.3 is 4.90 Å². The topological polar surface area (TPSA) is 57.0 Å². The number of hydrogen-bond acceptors (Lipinski definition) is 4. The normalized spacial score (nSPS) is 14.2. The monoisotopic (exact) mass is 325 g/mol. The zero-order valence-corrected chi connectivity index (χ0v) is 14.2. The fourth-order valence-electron chi connectivity index (χ4n) is 2.89. The number of rotatable bonds is 3. The van der Waals surface area contributed by atoms with E-state index in [1.54, 1.807) is 0 Å². The number of nitrogens with zero attached hydrogens (tertiary/aromatic N) is 3. The molecule has 4 nitrogen and oxygen atoms in total. The van der Waals surface area contributed by atoms with Crippen LogP contribution >= 0.6 is 11.8 Å². The molecule has 0 atom stereocenters. The summed E-state index contributed by atoms with van der Waals surface area (Å²) in [5.74, 6) is 0.483. The zero-order valence-electron chi connectivity index (χ0n) is 13.4. The summed E-state index contributed by atoms with van der Waals surface area (Å²) >= 11 is 1.37. The summed E-state index contributed by atoms with van der Waals surface area (Å²) < 4.78 is 0. The second kappa shape index (κ2) is 6.59. The van der Waals surface area contributed by atoms with Crippen molar-refractivity contribution in [2.45, 2.75) is 31.7 Å². The molecule has 1 aromatic heterocycles. The molecule has 0 N–H and O–H groups in total. The van der Waals surface area contributed by atoms with Crippen molar-refractivity contribution in [2.75, 3.05) is 18.8 Å². The lowest BCUT2D eigenvalue weighted by molar-refractivity contribution is -0.127. The maximum atomic E-state index is 12.2. The number of hydrogen-bond donors (Lipinski definition) is 0. The van der Waals surface area contributed by atoms with Gasteiger partial charge in [0.1, 0.15) is 11.1 Å². The Balaban J connectivity index is 1.89. The third-order valence-corrected chi connectivity index (χ3v) is 5.26. The van der Waals surface area contributed by atoms with Gasteiger partial charge in [-0.1, -0.05) is 23.9 Å². The van der Waals surface area contributed by atoms with E-state index in [9.17, 15) is 10.1 Å². The van der Waals surface area contributed by atoms with Crippen molar-refractivity contribution in [1.82, 2.24) is 9.88 Å². The summed E-state index contributed by atoms with van der Waals surface area (Å²) in [6, 6.07) is 8.20. The second-order valence-electron chi connectivity index (χ2n) is 5.92. The van der Waals surface area contributed by atoms with Crippen LogP contribution < -0.4 is 0 Å². The molecule has 1 saturated heterocycles. The first kappa shape index (κ1) is 15.8. The Kier molecular flexibility index (Phi) is 4.53. The molecule has 118 valence electrons. The number of benzene rings is 1. The lowest BCUT2D eigenvalue weighted by atomic mass is 10.0. The minimum atomic E-state index is 0.138. The third kappa shape index (κ3) is 3.18. The molecule has 2 aromatic rings. The van der Waals surface area contributed by atoms with Crippen LogP contribution in [0.3, 0.4) is 0 Å². The number of fused-ring (bicyclic) bond motifs is 1. The highest BCUT2D eigenvalue weighted by Crippen LogP contribution is 2.28. The summed E-state index contributed by atoms with van der Waals surface area (Å²) in [5, 5.41) is 11.1. The molecule has 1 amide bonds. The van der Waals surface area contributed by atoms with Crippen LogP contribution in [-0.4, -0.2) is 34.6 Å². The average Bonchev–Trinajstić information content (AvgIpc) is 3.10. The maximum Gasteiger partial charge on any atom is 0.232 e. The predicted molar refractivity (Wildman–Crippen MR) is 92.5 cm³/mol. The van der Waals surface area contributed by atoms with Crippen LogP contribution in [0, 0.1) is 25.2 Å². The Hall–Kier alpha value is -2.06. The SMILES string of the molecule is Cc1ccc(C)c2nc(SCC(=O)N3CCCC3)c(C#N)cc12. The van der Waals surface area contributed by atoms with E-state index >= 15 is 0 Å². The van der Waals surface area contributed by atoms with Crippen LogP contribution in [0.15, 0.2) is 23.2 Å². The second-order valence-corrected chi connectivity index (χ2v) is 6.89. The number of pyridine rings is 1. The van der Waals surface area contributed by atoms with Gasteiger partial charge in [-0.25, -0.2) is 4.98 Å². The number of aryl methyl sites for hydroxylation is 2. The smallest absolute Gasteiger partial charge is 0.232 e. The van der Waals surface area contributed by atoms with Crippen molar-refractivity contribution >= 4 is 28.6 Å². The number of thioether (sulfide) groups is 1. The fourth-order valence-corrected chi connectivity index (χ4v) is 3.75. The van der Waals surface area contributed by atoms with Crippen LogP contribution in [0.2, 0.25) is 0 Å². The number of amides is 1. The molecular weight excluding hydrogens is 306 g/mol.